The van der Waals surface area contributed by atoms with E-state index >= 15 is 0 Å². The summed E-state index contributed by atoms with van der Waals surface area (Å²) in [6.45, 7) is 2.56. The van der Waals surface area contributed by atoms with Crippen LogP contribution in [-0.4, -0.2) is 41.3 Å². The van der Waals surface area contributed by atoms with Gasteiger partial charge in [0.25, 0.3) is 5.89 Å². The largest absolute Gasteiger partial charge is 0.383 e. The highest BCUT2D eigenvalue weighted by Gasteiger charge is 2.35. The number of ether oxygens (including phenoxy) is 1. The standard InChI is InChI=1S/C22H20ClFN4O3/c1-13-18(21-26-20(27-31-21)15-5-9-17(24)10-6-15)19(14-3-7-16(23)8-4-14)25-22(29)28(13)11-12-30-2/h3-10,19H,11-12H2,1-2H3,(H,25,29). The Morgan fingerprint density at radius 1 is 1.19 bits per heavy atom. The summed E-state index contributed by atoms with van der Waals surface area (Å²) in [5.74, 6) is 0.238. The second-order valence-corrected chi connectivity index (χ2v) is 7.44. The van der Waals surface area contributed by atoms with Gasteiger partial charge in [-0.05, 0) is 48.9 Å². The minimum absolute atomic E-state index is 0.253. The maximum atomic E-state index is 13.3. The first-order chi connectivity index (χ1) is 15.0. The molecule has 31 heavy (non-hydrogen) atoms. The van der Waals surface area contributed by atoms with E-state index in [1.165, 1.54) is 12.1 Å². The first kappa shape index (κ1) is 21.0. The van der Waals surface area contributed by atoms with E-state index < -0.39 is 6.04 Å². The number of carbonyl (C=O) groups excluding carboxylic acids is 1. The quantitative estimate of drug-likeness (QED) is 0.599. The van der Waals surface area contributed by atoms with Gasteiger partial charge in [-0.2, -0.15) is 4.98 Å². The van der Waals surface area contributed by atoms with E-state index in [1.54, 1.807) is 36.3 Å². The first-order valence-electron chi connectivity index (χ1n) is 9.61. The number of amides is 2. The van der Waals surface area contributed by atoms with Crippen molar-refractivity contribution in [2.75, 3.05) is 20.3 Å². The van der Waals surface area contributed by atoms with Gasteiger partial charge in [-0.1, -0.05) is 28.9 Å². The van der Waals surface area contributed by atoms with Gasteiger partial charge in [-0.3, -0.25) is 4.90 Å². The van der Waals surface area contributed by atoms with Crippen LogP contribution in [0.4, 0.5) is 9.18 Å². The second kappa shape index (κ2) is 8.87. The predicted octanol–water partition coefficient (Wildman–Crippen LogP) is 4.67. The van der Waals surface area contributed by atoms with Crippen LogP contribution >= 0.6 is 11.6 Å². The zero-order valence-electron chi connectivity index (χ0n) is 16.9. The lowest BCUT2D eigenvalue weighted by molar-refractivity contribution is 0.158. The van der Waals surface area contributed by atoms with E-state index in [-0.39, 0.29) is 17.7 Å². The number of allylic oxidation sites excluding steroid dienone is 1. The van der Waals surface area contributed by atoms with Gasteiger partial charge in [-0.25, -0.2) is 9.18 Å². The van der Waals surface area contributed by atoms with E-state index in [2.05, 4.69) is 15.5 Å². The predicted molar refractivity (Wildman–Crippen MR) is 114 cm³/mol. The zero-order chi connectivity index (χ0) is 22.0. The van der Waals surface area contributed by atoms with Gasteiger partial charge in [-0.15, -0.1) is 0 Å². The molecule has 0 bridgehead atoms. The first-order valence-corrected chi connectivity index (χ1v) is 9.99. The fourth-order valence-corrected chi connectivity index (χ4v) is 3.59. The number of nitrogens with zero attached hydrogens (tertiary/aromatic N) is 3. The van der Waals surface area contributed by atoms with E-state index in [1.807, 2.05) is 19.1 Å². The Morgan fingerprint density at radius 2 is 1.90 bits per heavy atom. The summed E-state index contributed by atoms with van der Waals surface area (Å²) in [5, 5.41) is 7.64. The third-order valence-corrected chi connectivity index (χ3v) is 5.33. The molecule has 3 aromatic rings. The number of benzene rings is 2. The molecule has 0 spiro atoms. The number of carbonyl (C=O) groups is 1. The van der Waals surface area contributed by atoms with Crippen LogP contribution in [0.25, 0.3) is 17.0 Å². The Balaban J connectivity index is 1.78. The minimum Gasteiger partial charge on any atom is -0.383 e. The number of rotatable bonds is 6. The molecule has 1 unspecified atom stereocenters. The Hall–Kier alpha value is -3.23. The Kier molecular flexibility index (Phi) is 6.01. The molecule has 0 fully saturated rings. The fourth-order valence-electron chi connectivity index (χ4n) is 3.46. The Bertz CT molecular complexity index is 1110. The van der Waals surface area contributed by atoms with Gasteiger partial charge in [0.05, 0.1) is 24.8 Å². The molecule has 1 atom stereocenters. The third kappa shape index (κ3) is 4.30. The van der Waals surface area contributed by atoms with Gasteiger partial charge in [0, 0.05) is 23.4 Å². The molecule has 1 aliphatic heterocycles. The molecule has 7 nitrogen and oxygen atoms in total. The van der Waals surface area contributed by atoms with Crippen LogP contribution in [0, 0.1) is 5.82 Å². The van der Waals surface area contributed by atoms with Crippen LogP contribution in [0.3, 0.4) is 0 Å². The van der Waals surface area contributed by atoms with Gasteiger partial charge in [0.2, 0.25) is 5.82 Å². The maximum absolute atomic E-state index is 13.3. The molecule has 4 rings (SSSR count). The summed E-state index contributed by atoms with van der Waals surface area (Å²) in [6.07, 6.45) is 0. The van der Waals surface area contributed by atoms with Crippen LogP contribution < -0.4 is 5.32 Å². The summed E-state index contributed by atoms with van der Waals surface area (Å²) in [6, 6.07) is 12.2. The number of aromatic nitrogens is 2. The zero-order valence-corrected chi connectivity index (χ0v) is 17.7. The van der Waals surface area contributed by atoms with Crippen LogP contribution in [0.15, 0.2) is 58.8 Å². The molecule has 2 heterocycles. The number of nitrogens with one attached hydrogen (secondary N) is 1. The van der Waals surface area contributed by atoms with Crippen molar-refractivity contribution < 1.29 is 18.4 Å². The molecule has 1 aliphatic rings. The second-order valence-electron chi connectivity index (χ2n) is 7.01. The number of hydrogen-bond acceptors (Lipinski definition) is 5. The molecule has 0 aliphatic carbocycles. The average molecular weight is 443 g/mol. The lowest BCUT2D eigenvalue weighted by atomic mass is 9.94. The average Bonchev–Trinajstić information content (AvgIpc) is 3.24. The fraction of sp³-hybridized carbons (Fsp3) is 0.227. The number of methoxy groups -OCH3 is 1. The monoisotopic (exact) mass is 442 g/mol. The molecule has 160 valence electrons. The van der Waals surface area contributed by atoms with Gasteiger partial charge in [0.15, 0.2) is 0 Å². The van der Waals surface area contributed by atoms with Crippen molar-refractivity contribution >= 4 is 23.2 Å². The number of urea groups is 1. The van der Waals surface area contributed by atoms with Crippen molar-refractivity contribution in [3.8, 4) is 11.4 Å². The molecule has 2 aromatic carbocycles. The molecule has 2 amide bonds. The molecule has 0 radical (unpaired) electrons. The summed E-state index contributed by atoms with van der Waals surface area (Å²) in [7, 11) is 1.57. The topological polar surface area (TPSA) is 80.5 Å². The van der Waals surface area contributed by atoms with E-state index in [9.17, 15) is 9.18 Å². The smallest absolute Gasteiger partial charge is 0.322 e. The summed E-state index contributed by atoms with van der Waals surface area (Å²) >= 11 is 6.03. The van der Waals surface area contributed by atoms with E-state index in [0.717, 1.165) is 5.56 Å². The molecule has 1 aromatic heterocycles. The Morgan fingerprint density at radius 3 is 2.58 bits per heavy atom. The van der Waals surface area contributed by atoms with Crippen LogP contribution in [-0.2, 0) is 4.74 Å². The third-order valence-electron chi connectivity index (χ3n) is 5.08. The molecule has 0 saturated carbocycles. The molecular weight excluding hydrogens is 423 g/mol. The van der Waals surface area contributed by atoms with Crippen molar-refractivity contribution in [3.63, 3.8) is 0 Å². The van der Waals surface area contributed by atoms with E-state index in [0.29, 0.717) is 40.8 Å². The maximum Gasteiger partial charge on any atom is 0.322 e. The summed E-state index contributed by atoms with van der Waals surface area (Å²) in [4.78, 5) is 18.9. The van der Waals surface area contributed by atoms with Crippen LogP contribution in [0.5, 0.6) is 0 Å². The minimum atomic E-state index is -0.509. The van der Waals surface area contributed by atoms with Crippen molar-refractivity contribution in [1.29, 1.82) is 0 Å². The molecular formula is C22H20ClFN4O3. The normalized spacial score (nSPS) is 16.6. The Labute approximate surface area is 183 Å². The molecule has 0 saturated heterocycles. The van der Waals surface area contributed by atoms with E-state index in [4.69, 9.17) is 20.9 Å². The SMILES string of the molecule is COCCN1C(=O)NC(c2ccc(Cl)cc2)C(c2nc(-c3ccc(F)cc3)no2)=C1C. The summed E-state index contributed by atoms with van der Waals surface area (Å²) < 4.78 is 24.0. The van der Waals surface area contributed by atoms with Crippen LogP contribution in [0.2, 0.25) is 5.02 Å². The van der Waals surface area contributed by atoms with Crippen molar-refractivity contribution in [2.45, 2.75) is 13.0 Å². The molecule has 9 heteroatoms. The van der Waals surface area contributed by atoms with Crippen molar-refractivity contribution in [3.05, 3.63) is 76.5 Å². The van der Waals surface area contributed by atoms with Gasteiger partial charge < -0.3 is 14.6 Å². The highest BCUT2D eigenvalue weighted by Crippen LogP contribution is 2.37. The molecule has 1 N–H and O–H groups in total. The highest BCUT2D eigenvalue weighted by atomic mass is 35.5. The lowest BCUT2D eigenvalue weighted by Crippen LogP contribution is -2.47. The number of hydrogen-bond donors (Lipinski definition) is 1. The van der Waals surface area contributed by atoms with Gasteiger partial charge in [0.1, 0.15) is 5.82 Å². The van der Waals surface area contributed by atoms with Gasteiger partial charge >= 0.3 is 6.03 Å². The van der Waals surface area contributed by atoms with Crippen molar-refractivity contribution in [2.24, 2.45) is 0 Å². The van der Waals surface area contributed by atoms with Crippen LogP contribution in [0.1, 0.15) is 24.4 Å². The summed E-state index contributed by atoms with van der Waals surface area (Å²) in [5.41, 5.74) is 2.78. The highest BCUT2D eigenvalue weighted by molar-refractivity contribution is 6.30. The lowest BCUT2D eigenvalue weighted by Gasteiger charge is -2.35. The number of halogens is 2. The van der Waals surface area contributed by atoms with Crippen molar-refractivity contribution in [1.82, 2.24) is 20.4 Å².